The number of ether oxygens (including phenoxy) is 1. The van der Waals surface area contributed by atoms with E-state index in [4.69, 9.17) is 10.5 Å². The Kier molecular flexibility index (Phi) is 8.41. The third kappa shape index (κ3) is 6.13. The molecule has 1 aromatic carbocycles. The van der Waals surface area contributed by atoms with Gasteiger partial charge in [-0.05, 0) is 36.7 Å². The molecule has 0 atom stereocenters. The lowest BCUT2D eigenvalue weighted by Gasteiger charge is -2.03. The van der Waals surface area contributed by atoms with E-state index < -0.39 is 0 Å². The molecule has 0 heterocycles. The van der Waals surface area contributed by atoms with E-state index in [1.165, 1.54) is 19.3 Å². The number of rotatable bonds is 6. The summed E-state index contributed by atoms with van der Waals surface area (Å²) >= 11 is 0. The van der Waals surface area contributed by atoms with Crippen LogP contribution in [0.4, 0.5) is 0 Å². The van der Waals surface area contributed by atoms with Crippen LogP contribution in [0.2, 0.25) is 0 Å². The van der Waals surface area contributed by atoms with Crippen LogP contribution in [0.3, 0.4) is 0 Å². The summed E-state index contributed by atoms with van der Waals surface area (Å²) in [6.45, 7) is 1.12. The fourth-order valence-corrected chi connectivity index (χ4v) is 1.34. The van der Waals surface area contributed by atoms with E-state index in [-0.39, 0.29) is 24.1 Å². The normalized spacial score (nSPS) is 10.0. The lowest BCUT2D eigenvalue weighted by atomic mass is 10.2. The molecule has 106 valence electrons. The van der Waals surface area contributed by atoms with Crippen molar-refractivity contribution in [1.29, 1.82) is 0 Å². The van der Waals surface area contributed by atoms with Crippen molar-refractivity contribution in [2.45, 2.75) is 6.42 Å². The summed E-state index contributed by atoms with van der Waals surface area (Å²) in [6, 6.07) is 4.87. The van der Waals surface area contributed by atoms with Crippen LogP contribution in [-0.2, 0) is 4.79 Å². The number of carbonyl (C=O) groups excluding carboxylic acids is 1. The maximum atomic E-state index is 11.4. The molecule has 19 heavy (non-hydrogen) atoms. The van der Waals surface area contributed by atoms with Crippen molar-refractivity contribution < 1.29 is 14.6 Å². The van der Waals surface area contributed by atoms with Crippen molar-refractivity contribution in [2.24, 2.45) is 5.73 Å². The number of phenols is 1. The summed E-state index contributed by atoms with van der Waals surface area (Å²) in [7, 11) is 1.47. The zero-order valence-corrected chi connectivity index (χ0v) is 11.6. The Labute approximate surface area is 118 Å². The third-order valence-corrected chi connectivity index (χ3v) is 2.31. The number of methoxy groups -OCH3 is 1. The van der Waals surface area contributed by atoms with Crippen LogP contribution in [0.25, 0.3) is 6.08 Å². The van der Waals surface area contributed by atoms with Gasteiger partial charge >= 0.3 is 0 Å². The van der Waals surface area contributed by atoms with Gasteiger partial charge in [0.1, 0.15) is 0 Å². The van der Waals surface area contributed by atoms with Crippen LogP contribution in [0.1, 0.15) is 12.0 Å². The molecule has 0 aromatic heterocycles. The van der Waals surface area contributed by atoms with Crippen molar-refractivity contribution in [2.75, 3.05) is 20.2 Å². The Hall–Kier alpha value is -1.72. The molecule has 0 fully saturated rings. The number of amides is 1. The molecule has 1 aromatic rings. The zero-order valence-electron chi connectivity index (χ0n) is 10.8. The first-order valence-electron chi connectivity index (χ1n) is 5.70. The van der Waals surface area contributed by atoms with E-state index in [0.717, 1.165) is 12.0 Å². The molecule has 1 amide bonds. The number of hydrogen-bond donors (Lipinski definition) is 3. The van der Waals surface area contributed by atoms with Crippen molar-refractivity contribution in [3.63, 3.8) is 0 Å². The molecule has 0 bridgehead atoms. The lowest BCUT2D eigenvalue weighted by molar-refractivity contribution is -0.116. The predicted molar refractivity (Wildman–Crippen MR) is 77.6 cm³/mol. The van der Waals surface area contributed by atoms with Gasteiger partial charge < -0.3 is 20.9 Å². The van der Waals surface area contributed by atoms with Crippen LogP contribution < -0.4 is 15.8 Å². The van der Waals surface area contributed by atoms with E-state index in [0.29, 0.717) is 18.8 Å². The highest BCUT2D eigenvalue weighted by molar-refractivity contribution is 5.91. The summed E-state index contributed by atoms with van der Waals surface area (Å²) in [6.07, 6.45) is 3.84. The van der Waals surface area contributed by atoms with Crippen molar-refractivity contribution in [3.8, 4) is 11.5 Å². The number of nitrogens with one attached hydrogen (secondary N) is 1. The number of benzene rings is 1. The number of hydrogen-bond acceptors (Lipinski definition) is 4. The van der Waals surface area contributed by atoms with Crippen LogP contribution in [-0.4, -0.2) is 31.2 Å². The fourth-order valence-electron chi connectivity index (χ4n) is 1.34. The number of aromatic hydroxyl groups is 1. The zero-order chi connectivity index (χ0) is 13.4. The van der Waals surface area contributed by atoms with Crippen LogP contribution in [0.15, 0.2) is 24.3 Å². The van der Waals surface area contributed by atoms with Gasteiger partial charge in [0.2, 0.25) is 5.91 Å². The number of nitrogens with two attached hydrogens (primary N) is 1. The highest BCUT2D eigenvalue weighted by atomic mass is 35.5. The van der Waals surface area contributed by atoms with Gasteiger partial charge in [-0.25, -0.2) is 0 Å². The van der Waals surface area contributed by atoms with Gasteiger partial charge in [0.05, 0.1) is 7.11 Å². The Morgan fingerprint density at radius 3 is 2.89 bits per heavy atom. The molecule has 6 heteroatoms. The average Bonchev–Trinajstić information content (AvgIpc) is 2.38. The molecule has 0 spiro atoms. The largest absolute Gasteiger partial charge is 0.504 e. The first-order chi connectivity index (χ1) is 8.67. The first kappa shape index (κ1) is 17.3. The molecule has 0 aliphatic carbocycles. The van der Waals surface area contributed by atoms with Crippen LogP contribution in [0, 0.1) is 0 Å². The second kappa shape index (κ2) is 9.24. The highest BCUT2D eigenvalue weighted by Crippen LogP contribution is 2.26. The molecule has 4 N–H and O–H groups in total. The summed E-state index contributed by atoms with van der Waals surface area (Å²) in [5.74, 6) is 0.276. The number of phenolic OH excluding ortho intramolecular Hbond substituents is 1. The second-order valence-corrected chi connectivity index (χ2v) is 3.70. The van der Waals surface area contributed by atoms with Gasteiger partial charge in [0, 0.05) is 12.6 Å². The van der Waals surface area contributed by atoms with Crippen molar-refractivity contribution in [1.82, 2.24) is 5.32 Å². The Bertz CT molecular complexity index is 436. The van der Waals surface area contributed by atoms with Gasteiger partial charge in [-0.1, -0.05) is 6.07 Å². The topological polar surface area (TPSA) is 84.6 Å². The first-order valence-corrected chi connectivity index (χ1v) is 5.70. The molecule has 1 rings (SSSR count). The fraction of sp³-hybridized carbons (Fsp3) is 0.308. The minimum atomic E-state index is -0.171. The van der Waals surface area contributed by atoms with Crippen LogP contribution >= 0.6 is 12.4 Å². The van der Waals surface area contributed by atoms with Gasteiger partial charge in [-0.3, -0.25) is 4.79 Å². The monoisotopic (exact) mass is 286 g/mol. The SMILES string of the molecule is COc1cc(C=CC(=O)NCCCN)ccc1O.Cl. The Morgan fingerprint density at radius 2 is 2.26 bits per heavy atom. The molecule has 0 radical (unpaired) electrons. The maximum absolute atomic E-state index is 11.4. The summed E-state index contributed by atoms with van der Waals surface area (Å²) < 4.78 is 4.97. The minimum Gasteiger partial charge on any atom is -0.504 e. The Balaban J connectivity index is 0.00000324. The van der Waals surface area contributed by atoms with Crippen molar-refractivity contribution in [3.05, 3.63) is 29.8 Å². The van der Waals surface area contributed by atoms with Crippen LogP contribution in [0.5, 0.6) is 11.5 Å². The summed E-state index contributed by atoms with van der Waals surface area (Å²) in [5, 5.41) is 12.1. The molecule has 0 saturated heterocycles. The molecule has 0 aliphatic heterocycles. The average molecular weight is 287 g/mol. The molecule has 5 nitrogen and oxygen atoms in total. The maximum Gasteiger partial charge on any atom is 0.243 e. The van der Waals surface area contributed by atoms with Crippen molar-refractivity contribution >= 4 is 24.4 Å². The van der Waals surface area contributed by atoms with E-state index in [1.54, 1.807) is 18.2 Å². The number of carbonyl (C=O) groups is 1. The van der Waals surface area contributed by atoms with E-state index >= 15 is 0 Å². The molecular weight excluding hydrogens is 268 g/mol. The third-order valence-electron chi connectivity index (χ3n) is 2.31. The van der Waals surface area contributed by atoms with Gasteiger partial charge in [-0.2, -0.15) is 0 Å². The Morgan fingerprint density at radius 1 is 1.53 bits per heavy atom. The van der Waals surface area contributed by atoms with E-state index in [2.05, 4.69) is 5.32 Å². The highest BCUT2D eigenvalue weighted by Gasteiger charge is 2.01. The second-order valence-electron chi connectivity index (χ2n) is 3.70. The van der Waals surface area contributed by atoms with E-state index in [9.17, 15) is 9.90 Å². The van der Waals surface area contributed by atoms with Gasteiger partial charge in [-0.15, -0.1) is 12.4 Å². The minimum absolute atomic E-state index is 0. The number of halogens is 1. The molecule has 0 saturated carbocycles. The quantitative estimate of drug-likeness (QED) is 0.544. The summed E-state index contributed by atoms with van der Waals surface area (Å²) in [5.41, 5.74) is 6.10. The van der Waals surface area contributed by atoms with Gasteiger partial charge in [0.25, 0.3) is 0 Å². The predicted octanol–water partition coefficient (Wildman–Crippen LogP) is 1.30. The smallest absolute Gasteiger partial charge is 0.243 e. The lowest BCUT2D eigenvalue weighted by Crippen LogP contribution is -2.23. The van der Waals surface area contributed by atoms with E-state index in [1.807, 2.05) is 0 Å². The standard InChI is InChI=1S/C13H18N2O3.ClH/c1-18-12-9-10(3-5-11(12)16)4-6-13(17)15-8-2-7-14;/h3-6,9,16H,2,7-8,14H2,1H3,(H,15,17);1H. The molecular formula is C13H19ClN2O3. The molecule has 0 unspecified atom stereocenters. The van der Waals surface area contributed by atoms with Gasteiger partial charge in [0.15, 0.2) is 11.5 Å². The molecule has 0 aliphatic rings. The summed E-state index contributed by atoms with van der Waals surface area (Å²) in [4.78, 5) is 11.4.